The van der Waals surface area contributed by atoms with Crippen molar-refractivity contribution in [2.24, 2.45) is 0 Å². The van der Waals surface area contributed by atoms with Gasteiger partial charge in [0, 0.05) is 42.0 Å². The van der Waals surface area contributed by atoms with E-state index >= 15 is 4.39 Å². The lowest BCUT2D eigenvalue weighted by Crippen LogP contribution is -2.56. The standard InChI is InChI=1S/C31H34FN5O5S/c1-19-6-10-22(11-7-19)43(39,40)37-27(23-15-28(41-5)34-16-25(23)32)14-24-26(12-13-33-29(24)37)35-17-20-8-9-21(18-35)36(20)30(38)42-31(2,3)4/h6-7,10-16,20-21H,8-9,17-18H2,1-5H3. The molecule has 0 spiro atoms. The number of fused-ring (bicyclic) bond motifs is 3. The van der Waals surface area contributed by atoms with Crippen molar-refractivity contribution in [2.75, 3.05) is 25.1 Å². The number of methoxy groups -OCH3 is 1. The van der Waals surface area contributed by atoms with Crippen molar-refractivity contribution in [2.45, 2.75) is 63.1 Å². The van der Waals surface area contributed by atoms with Crippen LogP contribution >= 0.6 is 0 Å². The number of pyridine rings is 2. The molecule has 2 atom stereocenters. The van der Waals surface area contributed by atoms with Gasteiger partial charge in [0.2, 0.25) is 5.88 Å². The summed E-state index contributed by atoms with van der Waals surface area (Å²) in [6.07, 6.45) is 3.93. The summed E-state index contributed by atoms with van der Waals surface area (Å²) >= 11 is 0. The van der Waals surface area contributed by atoms with Gasteiger partial charge in [-0.2, -0.15) is 0 Å². The first-order valence-electron chi connectivity index (χ1n) is 14.2. The molecule has 0 radical (unpaired) electrons. The van der Waals surface area contributed by atoms with Crippen molar-refractivity contribution in [3.05, 3.63) is 66.2 Å². The number of amides is 1. The van der Waals surface area contributed by atoms with Gasteiger partial charge >= 0.3 is 6.09 Å². The molecule has 0 N–H and O–H groups in total. The maximum Gasteiger partial charge on any atom is 0.410 e. The summed E-state index contributed by atoms with van der Waals surface area (Å²) in [7, 11) is -2.80. The minimum Gasteiger partial charge on any atom is -0.481 e. The zero-order valence-corrected chi connectivity index (χ0v) is 25.6. The second-order valence-corrected chi connectivity index (χ2v) is 13.9. The molecule has 1 amide bonds. The molecule has 2 aliphatic rings. The van der Waals surface area contributed by atoms with Crippen LogP contribution in [0.25, 0.3) is 22.3 Å². The van der Waals surface area contributed by atoms with E-state index < -0.39 is 21.4 Å². The van der Waals surface area contributed by atoms with E-state index in [1.54, 1.807) is 24.4 Å². The molecule has 0 saturated carbocycles. The number of piperazine rings is 1. The normalized spacial score (nSPS) is 18.7. The van der Waals surface area contributed by atoms with Gasteiger partial charge in [0.1, 0.15) is 5.60 Å². The van der Waals surface area contributed by atoms with E-state index in [4.69, 9.17) is 9.47 Å². The summed E-state index contributed by atoms with van der Waals surface area (Å²) in [5.41, 5.74) is 1.35. The first-order chi connectivity index (χ1) is 20.4. The van der Waals surface area contributed by atoms with E-state index in [9.17, 15) is 13.2 Å². The van der Waals surface area contributed by atoms with Gasteiger partial charge in [-0.25, -0.2) is 31.5 Å². The zero-order valence-electron chi connectivity index (χ0n) is 24.7. The van der Waals surface area contributed by atoms with Gasteiger partial charge < -0.3 is 14.4 Å². The molecule has 12 heteroatoms. The van der Waals surface area contributed by atoms with Crippen LogP contribution in [0.15, 0.2) is 59.8 Å². The summed E-state index contributed by atoms with van der Waals surface area (Å²) in [4.78, 5) is 25.5. The Balaban J connectivity index is 1.49. The molecular formula is C31H34FN5O5S. The van der Waals surface area contributed by atoms with E-state index in [-0.39, 0.29) is 45.9 Å². The summed E-state index contributed by atoms with van der Waals surface area (Å²) in [6.45, 7) is 8.50. The highest BCUT2D eigenvalue weighted by atomic mass is 32.2. The maximum atomic E-state index is 15.3. The number of anilines is 1. The van der Waals surface area contributed by atoms with E-state index in [0.29, 0.717) is 18.5 Å². The molecule has 2 saturated heterocycles. The van der Waals surface area contributed by atoms with E-state index in [1.807, 2.05) is 38.7 Å². The second-order valence-electron chi connectivity index (χ2n) is 12.1. The number of hydrogen-bond donors (Lipinski definition) is 0. The molecule has 4 aromatic rings. The monoisotopic (exact) mass is 607 g/mol. The Kier molecular flexibility index (Phi) is 7.07. The minimum absolute atomic E-state index is 0.0151. The molecule has 2 fully saturated rings. The Labute approximate surface area is 250 Å². The lowest BCUT2D eigenvalue weighted by atomic mass is 10.1. The highest BCUT2D eigenvalue weighted by Gasteiger charge is 2.45. The molecule has 0 aliphatic carbocycles. The molecule has 3 aromatic heterocycles. The van der Waals surface area contributed by atoms with Crippen molar-refractivity contribution in [1.82, 2.24) is 18.8 Å². The first-order valence-corrected chi connectivity index (χ1v) is 15.6. The number of benzene rings is 1. The Bertz CT molecular complexity index is 1800. The van der Waals surface area contributed by atoms with Crippen LogP contribution in [0.5, 0.6) is 5.88 Å². The van der Waals surface area contributed by atoms with Crippen LogP contribution in [0.2, 0.25) is 0 Å². The minimum atomic E-state index is -4.21. The average molecular weight is 608 g/mol. The predicted molar refractivity (Wildman–Crippen MR) is 160 cm³/mol. The Morgan fingerprint density at radius 3 is 2.33 bits per heavy atom. The summed E-state index contributed by atoms with van der Waals surface area (Å²) in [5.74, 6) is -0.557. The van der Waals surface area contributed by atoms with Gasteiger partial charge in [0.15, 0.2) is 11.5 Å². The highest BCUT2D eigenvalue weighted by Crippen LogP contribution is 2.40. The SMILES string of the molecule is COc1cc(-c2cc3c(N4CC5CCC(C4)N5C(=O)OC(C)(C)C)ccnc3n2S(=O)(=O)c2ccc(C)cc2)c(F)cn1. The molecule has 2 unspecified atom stereocenters. The first kappa shape index (κ1) is 28.9. The lowest BCUT2D eigenvalue weighted by molar-refractivity contribution is 0.0123. The number of carbonyl (C=O) groups is 1. The van der Waals surface area contributed by atoms with Gasteiger partial charge in [0.05, 0.1) is 36.0 Å². The van der Waals surface area contributed by atoms with Crippen molar-refractivity contribution >= 4 is 32.8 Å². The number of aromatic nitrogens is 3. The quantitative estimate of drug-likeness (QED) is 0.298. The molecule has 1 aromatic carbocycles. The number of carbonyl (C=O) groups excluding carboxylic acids is 1. The molecule has 5 heterocycles. The van der Waals surface area contributed by atoms with Crippen molar-refractivity contribution in [1.29, 1.82) is 0 Å². The van der Waals surface area contributed by atoms with Crippen molar-refractivity contribution in [3.63, 3.8) is 0 Å². The van der Waals surface area contributed by atoms with Gasteiger partial charge in [-0.15, -0.1) is 0 Å². The number of ether oxygens (including phenoxy) is 2. The molecule has 6 rings (SSSR count). The molecule has 2 aliphatic heterocycles. The third-order valence-electron chi connectivity index (χ3n) is 7.94. The number of nitrogens with zero attached hydrogens (tertiary/aromatic N) is 5. The van der Waals surface area contributed by atoms with E-state index in [2.05, 4.69) is 14.9 Å². The van der Waals surface area contributed by atoms with Crippen LogP contribution < -0.4 is 9.64 Å². The zero-order chi connectivity index (χ0) is 30.7. The number of halogens is 1. The van der Waals surface area contributed by atoms with Crippen LogP contribution in [0.1, 0.15) is 39.2 Å². The van der Waals surface area contributed by atoms with Crippen LogP contribution in [-0.2, 0) is 14.8 Å². The molecular weight excluding hydrogens is 573 g/mol. The largest absolute Gasteiger partial charge is 0.481 e. The average Bonchev–Trinajstić information content (AvgIpc) is 3.47. The summed E-state index contributed by atoms with van der Waals surface area (Å²) < 4.78 is 55.8. The van der Waals surface area contributed by atoms with Gasteiger partial charge in [-0.3, -0.25) is 4.90 Å². The Morgan fingerprint density at radius 1 is 1.02 bits per heavy atom. The van der Waals surface area contributed by atoms with Gasteiger partial charge in [-0.1, -0.05) is 17.7 Å². The predicted octanol–water partition coefficient (Wildman–Crippen LogP) is 5.38. The van der Waals surface area contributed by atoms with Crippen LogP contribution in [0.4, 0.5) is 14.9 Å². The molecule has 43 heavy (non-hydrogen) atoms. The maximum absolute atomic E-state index is 15.3. The van der Waals surface area contributed by atoms with E-state index in [0.717, 1.165) is 34.3 Å². The Morgan fingerprint density at radius 2 is 1.70 bits per heavy atom. The third kappa shape index (κ3) is 5.17. The molecule has 226 valence electrons. The molecule has 2 bridgehead atoms. The second kappa shape index (κ2) is 10.5. The fourth-order valence-corrected chi connectivity index (χ4v) is 7.50. The fraction of sp³-hybridized carbons (Fsp3) is 0.387. The highest BCUT2D eigenvalue weighted by molar-refractivity contribution is 7.90. The number of rotatable bonds is 5. The number of aryl methyl sites for hydroxylation is 1. The van der Waals surface area contributed by atoms with E-state index in [1.165, 1.54) is 25.3 Å². The van der Waals surface area contributed by atoms with Gasteiger partial charge in [0.25, 0.3) is 10.0 Å². The number of hydrogen-bond acceptors (Lipinski definition) is 8. The van der Waals surface area contributed by atoms with Crippen LogP contribution in [0, 0.1) is 12.7 Å². The van der Waals surface area contributed by atoms with Crippen LogP contribution in [-0.4, -0.2) is 71.2 Å². The van der Waals surface area contributed by atoms with Crippen molar-refractivity contribution in [3.8, 4) is 17.1 Å². The van der Waals surface area contributed by atoms with Gasteiger partial charge in [-0.05, 0) is 64.8 Å². The fourth-order valence-electron chi connectivity index (χ4n) is 6.02. The Hall–Kier alpha value is -4.19. The lowest BCUT2D eigenvalue weighted by Gasteiger charge is -2.42. The third-order valence-corrected chi connectivity index (χ3v) is 9.66. The molecule has 10 nitrogen and oxygen atoms in total. The topological polar surface area (TPSA) is 107 Å². The van der Waals surface area contributed by atoms with Crippen LogP contribution in [0.3, 0.4) is 0 Å². The smallest absolute Gasteiger partial charge is 0.410 e. The van der Waals surface area contributed by atoms with Crippen molar-refractivity contribution < 1.29 is 27.1 Å². The summed E-state index contributed by atoms with van der Waals surface area (Å²) in [5, 5.41) is 0.550. The summed E-state index contributed by atoms with van der Waals surface area (Å²) in [6, 6.07) is 11.2.